The molecule has 0 radical (unpaired) electrons. The number of nitrogens with zero attached hydrogens (tertiary/aromatic N) is 3. The molecular formula is C26H24ClN3O3. The first kappa shape index (κ1) is 22.6. The molecule has 0 aliphatic rings. The lowest BCUT2D eigenvalue weighted by Gasteiger charge is -2.07. The molecule has 33 heavy (non-hydrogen) atoms. The standard InChI is InChI=1S/C26H24ClN3O3/c1-17(2)19-9-13-21(14-10-19)33-16-24(31)28-29-25-22-5-3-4-6-23(22)30(26(25)32)15-18-7-11-20(27)12-8-18/h3-14,17,32H,15-16H2,1-2H3. The summed E-state index contributed by atoms with van der Waals surface area (Å²) in [6.07, 6.45) is 0. The molecule has 0 saturated carbocycles. The zero-order valence-electron chi connectivity index (χ0n) is 18.4. The summed E-state index contributed by atoms with van der Waals surface area (Å²) >= 11 is 5.97. The second-order valence-electron chi connectivity index (χ2n) is 8.01. The largest absolute Gasteiger partial charge is 0.493 e. The van der Waals surface area contributed by atoms with E-state index >= 15 is 0 Å². The SMILES string of the molecule is CC(C)c1ccc(OCC(=O)N=Nc2c(O)n(Cc3ccc(Cl)cc3)c3ccccc23)cc1. The van der Waals surface area contributed by atoms with Crippen LogP contribution in [0.4, 0.5) is 5.69 Å². The smallest absolute Gasteiger partial charge is 0.302 e. The Kier molecular flexibility index (Phi) is 6.75. The van der Waals surface area contributed by atoms with E-state index in [1.807, 2.05) is 60.7 Å². The fourth-order valence-electron chi connectivity index (χ4n) is 3.53. The van der Waals surface area contributed by atoms with Gasteiger partial charge in [-0.1, -0.05) is 67.9 Å². The van der Waals surface area contributed by atoms with E-state index in [1.165, 1.54) is 5.56 Å². The second kappa shape index (κ2) is 9.88. The highest BCUT2D eigenvalue weighted by Gasteiger charge is 2.17. The molecule has 1 N–H and O–H groups in total. The molecule has 168 valence electrons. The minimum Gasteiger partial charge on any atom is -0.493 e. The van der Waals surface area contributed by atoms with Crippen molar-refractivity contribution >= 4 is 34.1 Å². The first-order valence-electron chi connectivity index (χ1n) is 10.6. The molecule has 4 rings (SSSR count). The van der Waals surface area contributed by atoms with Crippen LogP contribution in [0.2, 0.25) is 5.02 Å². The molecule has 0 atom stereocenters. The van der Waals surface area contributed by atoms with Gasteiger partial charge in [0.25, 0.3) is 0 Å². The van der Waals surface area contributed by atoms with Gasteiger partial charge >= 0.3 is 5.91 Å². The summed E-state index contributed by atoms with van der Waals surface area (Å²) in [6, 6.07) is 22.4. The van der Waals surface area contributed by atoms with Gasteiger partial charge in [-0.3, -0.25) is 4.79 Å². The zero-order chi connectivity index (χ0) is 23.4. The van der Waals surface area contributed by atoms with Crippen molar-refractivity contribution in [2.75, 3.05) is 6.61 Å². The molecule has 0 unspecified atom stereocenters. The Morgan fingerprint density at radius 2 is 1.73 bits per heavy atom. The number of carbonyl (C=O) groups is 1. The van der Waals surface area contributed by atoms with Gasteiger partial charge in [-0.05, 0) is 47.4 Å². The molecule has 0 spiro atoms. The first-order valence-corrected chi connectivity index (χ1v) is 11.0. The minimum atomic E-state index is -0.545. The van der Waals surface area contributed by atoms with Gasteiger partial charge in [0, 0.05) is 10.4 Å². The molecule has 0 saturated heterocycles. The number of para-hydroxylation sites is 1. The van der Waals surface area contributed by atoms with E-state index in [4.69, 9.17) is 16.3 Å². The van der Waals surface area contributed by atoms with Crippen LogP contribution in [-0.4, -0.2) is 22.2 Å². The van der Waals surface area contributed by atoms with Crippen LogP contribution in [-0.2, 0) is 11.3 Å². The Labute approximate surface area is 197 Å². The summed E-state index contributed by atoms with van der Waals surface area (Å²) in [5, 5.41) is 20.0. The second-order valence-corrected chi connectivity index (χ2v) is 8.44. The number of ether oxygens (including phenoxy) is 1. The van der Waals surface area contributed by atoms with Crippen molar-refractivity contribution in [3.05, 3.63) is 88.9 Å². The normalized spacial score (nSPS) is 11.5. The topological polar surface area (TPSA) is 76.2 Å². The molecule has 3 aromatic carbocycles. The number of halogens is 1. The molecule has 4 aromatic rings. The van der Waals surface area contributed by atoms with E-state index in [-0.39, 0.29) is 18.2 Å². The van der Waals surface area contributed by atoms with E-state index in [9.17, 15) is 9.90 Å². The van der Waals surface area contributed by atoms with Gasteiger partial charge in [-0.15, -0.1) is 10.2 Å². The molecule has 0 fully saturated rings. The molecule has 1 heterocycles. The third-order valence-electron chi connectivity index (χ3n) is 5.34. The lowest BCUT2D eigenvalue weighted by Crippen LogP contribution is -2.07. The maximum absolute atomic E-state index is 12.3. The number of fused-ring (bicyclic) bond motifs is 1. The van der Waals surface area contributed by atoms with Crippen LogP contribution in [0.1, 0.15) is 30.9 Å². The Morgan fingerprint density at radius 1 is 1.03 bits per heavy atom. The summed E-state index contributed by atoms with van der Waals surface area (Å²) in [5.74, 6) is 0.402. The number of carbonyl (C=O) groups excluding carboxylic acids is 1. The third-order valence-corrected chi connectivity index (χ3v) is 5.59. The van der Waals surface area contributed by atoms with Crippen LogP contribution in [0, 0.1) is 0 Å². The Morgan fingerprint density at radius 3 is 2.42 bits per heavy atom. The predicted molar refractivity (Wildman–Crippen MR) is 130 cm³/mol. The third kappa shape index (κ3) is 5.23. The number of aromatic hydroxyl groups is 1. The highest BCUT2D eigenvalue weighted by Crippen LogP contribution is 2.39. The molecule has 1 amide bonds. The van der Waals surface area contributed by atoms with Crippen LogP contribution in [0.3, 0.4) is 0 Å². The zero-order valence-corrected chi connectivity index (χ0v) is 19.2. The molecule has 0 aliphatic heterocycles. The number of azo groups is 1. The molecule has 1 aromatic heterocycles. The van der Waals surface area contributed by atoms with Crippen LogP contribution < -0.4 is 4.74 Å². The van der Waals surface area contributed by atoms with Crippen LogP contribution in [0.15, 0.2) is 83.0 Å². The number of hydrogen-bond acceptors (Lipinski definition) is 4. The Hall–Kier alpha value is -3.64. The van der Waals surface area contributed by atoms with E-state index in [2.05, 4.69) is 24.1 Å². The summed E-state index contributed by atoms with van der Waals surface area (Å²) in [6.45, 7) is 4.40. The van der Waals surface area contributed by atoms with E-state index in [1.54, 1.807) is 16.7 Å². The number of amides is 1. The van der Waals surface area contributed by atoms with Gasteiger partial charge in [-0.2, -0.15) is 0 Å². The lowest BCUT2D eigenvalue weighted by molar-refractivity contribution is -0.120. The first-order chi connectivity index (χ1) is 15.9. The lowest BCUT2D eigenvalue weighted by atomic mass is 10.0. The minimum absolute atomic E-state index is 0.0621. The van der Waals surface area contributed by atoms with Crippen molar-refractivity contribution in [3.8, 4) is 11.6 Å². The van der Waals surface area contributed by atoms with Gasteiger partial charge < -0.3 is 14.4 Å². The average Bonchev–Trinajstić information content (AvgIpc) is 3.08. The molecular weight excluding hydrogens is 438 g/mol. The number of aromatic nitrogens is 1. The van der Waals surface area contributed by atoms with Gasteiger partial charge in [0.05, 0.1) is 12.1 Å². The molecule has 0 bridgehead atoms. The highest BCUT2D eigenvalue weighted by molar-refractivity contribution is 6.30. The van der Waals surface area contributed by atoms with Crippen molar-refractivity contribution in [2.45, 2.75) is 26.3 Å². The van der Waals surface area contributed by atoms with Crippen LogP contribution in [0.25, 0.3) is 10.9 Å². The van der Waals surface area contributed by atoms with Crippen molar-refractivity contribution in [1.29, 1.82) is 0 Å². The maximum atomic E-state index is 12.3. The van der Waals surface area contributed by atoms with Crippen LogP contribution in [0.5, 0.6) is 11.6 Å². The average molecular weight is 462 g/mol. The monoisotopic (exact) mass is 461 g/mol. The summed E-state index contributed by atoms with van der Waals surface area (Å²) < 4.78 is 7.25. The van der Waals surface area contributed by atoms with E-state index in [0.29, 0.717) is 28.6 Å². The summed E-state index contributed by atoms with van der Waals surface area (Å²) in [4.78, 5) is 12.3. The summed E-state index contributed by atoms with van der Waals surface area (Å²) in [5.41, 5.74) is 3.19. The van der Waals surface area contributed by atoms with Crippen molar-refractivity contribution in [2.24, 2.45) is 10.2 Å². The Bertz CT molecular complexity index is 1290. The van der Waals surface area contributed by atoms with Gasteiger partial charge in [-0.25, -0.2) is 0 Å². The maximum Gasteiger partial charge on any atom is 0.302 e. The van der Waals surface area contributed by atoms with Gasteiger partial charge in [0.1, 0.15) is 5.75 Å². The number of rotatable bonds is 7. The highest BCUT2D eigenvalue weighted by atomic mass is 35.5. The van der Waals surface area contributed by atoms with Crippen molar-refractivity contribution in [3.63, 3.8) is 0 Å². The molecule has 0 aliphatic carbocycles. The van der Waals surface area contributed by atoms with E-state index < -0.39 is 5.91 Å². The van der Waals surface area contributed by atoms with E-state index in [0.717, 1.165) is 11.1 Å². The Balaban J connectivity index is 1.51. The van der Waals surface area contributed by atoms with Gasteiger partial charge in [0.2, 0.25) is 5.88 Å². The molecule has 7 heteroatoms. The van der Waals surface area contributed by atoms with Crippen molar-refractivity contribution < 1.29 is 14.6 Å². The number of hydrogen-bond donors (Lipinski definition) is 1. The van der Waals surface area contributed by atoms with Gasteiger partial charge in [0.15, 0.2) is 12.3 Å². The number of benzene rings is 3. The van der Waals surface area contributed by atoms with Crippen LogP contribution >= 0.6 is 11.6 Å². The quantitative estimate of drug-likeness (QED) is 0.305. The van der Waals surface area contributed by atoms with Crippen molar-refractivity contribution in [1.82, 2.24) is 4.57 Å². The molecule has 6 nitrogen and oxygen atoms in total. The fraction of sp³-hybridized carbons (Fsp3) is 0.192. The summed E-state index contributed by atoms with van der Waals surface area (Å²) in [7, 11) is 0. The fourth-order valence-corrected chi connectivity index (χ4v) is 3.66. The predicted octanol–water partition coefficient (Wildman–Crippen LogP) is 6.86.